The minimum Gasteiger partial charge on any atom is -0.493 e. The van der Waals surface area contributed by atoms with Crippen LogP contribution in [0.15, 0.2) is 70.2 Å². The smallest absolute Gasteiger partial charge is 0.344 e. The Hall–Kier alpha value is -3.69. The maximum Gasteiger partial charge on any atom is 0.344 e. The van der Waals surface area contributed by atoms with Crippen molar-refractivity contribution in [2.75, 3.05) is 12.4 Å². The van der Waals surface area contributed by atoms with Crippen molar-refractivity contribution in [3.63, 3.8) is 0 Å². The van der Waals surface area contributed by atoms with E-state index in [1.54, 1.807) is 54.6 Å². The zero-order valence-electron chi connectivity index (χ0n) is 18.1. The number of anilines is 1. The molecule has 3 aromatic rings. The Morgan fingerprint density at radius 3 is 2.47 bits per heavy atom. The third-order valence-corrected chi connectivity index (χ3v) is 5.60. The number of nitrogens with zero attached hydrogens (tertiary/aromatic N) is 1. The van der Waals surface area contributed by atoms with Gasteiger partial charge in [0, 0.05) is 15.2 Å². The van der Waals surface area contributed by atoms with Crippen LogP contribution in [0.3, 0.4) is 0 Å². The van der Waals surface area contributed by atoms with Gasteiger partial charge < -0.3 is 14.8 Å². The number of hydrogen-bond acceptors (Lipinski definition) is 6. The molecule has 0 saturated carbocycles. The summed E-state index contributed by atoms with van der Waals surface area (Å²) in [5, 5.41) is 6.69. The monoisotopic (exact) mass is 543 g/mol. The molecular formula is C24H19BrClN3O5. The molecule has 0 atom stereocenters. The third-order valence-electron chi connectivity index (χ3n) is 4.50. The summed E-state index contributed by atoms with van der Waals surface area (Å²) in [5.41, 5.74) is 4.27. The topological polar surface area (TPSA) is 106 Å². The van der Waals surface area contributed by atoms with Gasteiger partial charge >= 0.3 is 17.8 Å². The minimum atomic E-state index is -0.959. The van der Waals surface area contributed by atoms with Crippen LogP contribution in [-0.4, -0.2) is 31.1 Å². The van der Waals surface area contributed by atoms with E-state index in [0.29, 0.717) is 26.3 Å². The highest BCUT2D eigenvalue weighted by Gasteiger charge is 2.16. The molecule has 0 radical (unpaired) electrons. The normalized spacial score (nSPS) is 10.6. The number of hydrogen-bond donors (Lipinski definition) is 2. The first-order chi connectivity index (χ1) is 16.3. The van der Waals surface area contributed by atoms with Crippen molar-refractivity contribution in [1.82, 2.24) is 5.43 Å². The lowest BCUT2D eigenvalue weighted by atomic mass is 10.2. The van der Waals surface area contributed by atoms with Crippen LogP contribution < -0.4 is 20.2 Å². The van der Waals surface area contributed by atoms with E-state index in [1.165, 1.54) is 19.4 Å². The molecule has 0 aromatic heterocycles. The van der Waals surface area contributed by atoms with Crippen molar-refractivity contribution in [2.24, 2.45) is 5.10 Å². The van der Waals surface area contributed by atoms with Crippen molar-refractivity contribution in [3.05, 3.63) is 86.8 Å². The molecule has 34 heavy (non-hydrogen) atoms. The van der Waals surface area contributed by atoms with Gasteiger partial charge in [0.15, 0.2) is 11.5 Å². The number of methoxy groups -OCH3 is 1. The molecule has 0 unspecified atom stereocenters. The van der Waals surface area contributed by atoms with Gasteiger partial charge in [0.25, 0.3) is 0 Å². The van der Waals surface area contributed by atoms with E-state index in [0.717, 1.165) is 5.56 Å². The predicted molar refractivity (Wildman–Crippen MR) is 133 cm³/mol. The second-order valence-corrected chi connectivity index (χ2v) is 8.16. The Morgan fingerprint density at radius 2 is 1.76 bits per heavy atom. The number of benzene rings is 3. The van der Waals surface area contributed by atoms with Crippen molar-refractivity contribution < 1.29 is 23.9 Å². The van der Waals surface area contributed by atoms with Gasteiger partial charge in [0.1, 0.15) is 0 Å². The fourth-order valence-corrected chi connectivity index (χ4v) is 3.33. The second kappa shape index (κ2) is 11.4. The van der Waals surface area contributed by atoms with Gasteiger partial charge in [0.2, 0.25) is 0 Å². The molecular weight excluding hydrogens is 526 g/mol. The summed E-state index contributed by atoms with van der Waals surface area (Å²) in [6.07, 6.45) is 1.32. The van der Waals surface area contributed by atoms with E-state index >= 15 is 0 Å². The van der Waals surface area contributed by atoms with Crippen LogP contribution in [0, 0.1) is 6.92 Å². The Morgan fingerprint density at radius 1 is 1.00 bits per heavy atom. The molecule has 3 rings (SSSR count). The lowest BCUT2D eigenvalue weighted by molar-refractivity contribution is -0.136. The molecule has 8 nitrogen and oxygen atoms in total. The van der Waals surface area contributed by atoms with Crippen LogP contribution in [0.2, 0.25) is 5.02 Å². The highest BCUT2D eigenvalue weighted by Crippen LogP contribution is 2.29. The summed E-state index contributed by atoms with van der Waals surface area (Å²) in [6.45, 7) is 1.82. The molecule has 0 heterocycles. The fraction of sp³-hybridized carbons (Fsp3) is 0.0833. The second-order valence-electron chi connectivity index (χ2n) is 6.90. The summed E-state index contributed by atoms with van der Waals surface area (Å²) in [5.74, 6) is -1.92. The first-order valence-electron chi connectivity index (χ1n) is 9.83. The quantitative estimate of drug-likeness (QED) is 0.153. The molecule has 0 saturated heterocycles. The molecule has 0 aliphatic heterocycles. The number of nitrogens with one attached hydrogen (secondary N) is 2. The molecule has 3 aromatic carbocycles. The minimum absolute atomic E-state index is 0.209. The van der Waals surface area contributed by atoms with Crippen LogP contribution >= 0.6 is 27.5 Å². The van der Waals surface area contributed by atoms with Crippen molar-refractivity contribution in [1.29, 1.82) is 0 Å². The summed E-state index contributed by atoms with van der Waals surface area (Å²) in [4.78, 5) is 36.5. The van der Waals surface area contributed by atoms with Gasteiger partial charge in [-0.2, -0.15) is 5.10 Å². The first-order valence-corrected chi connectivity index (χ1v) is 11.0. The summed E-state index contributed by atoms with van der Waals surface area (Å²) < 4.78 is 11.3. The molecule has 2 amide bonds. The number of rotatable bonds is 6. The SMILES string of the molecule is COc1cc(/C=N/NC(=O)C(=O)Nc2ccc(C)c(Cl)c2)ccc1OC(=O)c1ccccc1Br. The number of ether oxygens (including phenoxy) is 2. The van der Waals surface area contributed by atoms with E-state index < -0.39 is 17.8 Å². The Kier molecular flexibility index (Phi) is 8.39. The third kappa shape index (κ3) is 6.43. The Balaban J connectivity index is 1.61. The standard InChI is InChI=1S/C24H19BrClN3O5/c1-14-7-9-16(12-19(14)26)28-22(30)23(31)29-27-13-15-8-10-20(21(11-15)33-2)34-24(32)17-5-3-4-6-18(17)25/h3-13H,1-2H3,(H,28,30)(H,29,31)/b27-13+. The zero-order valence-corrected chi connectivity index (χ0v) is 20.4. The lowest BCUT2D eigenvalue weighted by Gasteiger charge is -2.10. The number of esters is 1. The van der Waals surface area contributed by atoms with E-state index in [9.17, 15) is 14.4 Å². The first kappa shape index (κ1) is 24.9. The van der Waals surface area contributed by atoms with Gasteiger partial charge in [-0.3, -0.25) is 9.59 Å². The highest BCUT2D eigenvalue weighted by molar-refractivity contribution is 9.10. The van der Waals surface area contributed by atoms with Crippen molar-refractivity contribution in [2.45, 2.75) is 6.92 Å². The van der Waals surface area contributed by atoms with Gasteiger partial charge in [-0.25, -0.2) is 10.2 Å². The van der Waals surface area contributed by atoms with Crippen molar-refractivity contribution >= 4 is 57.2 Å². The summed E-state index contributed by atoms with van der Waals surface area (Å²) in [7, 11) is 1.43. The number of carbonyl (C=O) groups excluding carboxylic acids is 3. The lowest BCUT2D eigenvalue weighted by Crippen LogP contribution is -2.32. The van der Waals surface area contributed by atoms with Crippen LogP contribution in [0.4, 0.5) is 5.69 Å². The van der Waals surface area contributed by atoms with Gasteiger partial charge in [-0.05, 0) is 76.4 Å². The molecule has 174 valence electrons. The number of amides is 2. The average molecular weight is 545 g/mol. The summed E-state index contributed by atoms with van der Waals surface area (Å²) in [6, 6.07) is 16.5. The Bertz CT molecular complexity index is 1280. The number of halogens is 2. The Labute approximate surface area is 209 Å². The van der Waals surface area contributed by atoms with E-state index in [2.05, 4.69) is 31.8 Å². The molecule has 0 bridgehead atoms. The molecule has 0 fully saturated rings. The van der Waals surface area contributed by atoms with Gasteiger partial charge in [0.05, 0.1) is 18.9 Å². The average Bonchev–Trinajstić information content (AvgIpc) is 2.82. The number of aryl methyl sites for hydroxylation is 1. The van der Waals surface area contributed by atoms with Crippen LogP contribution in [-0.2, 0) is 9.59 Å². The van der Waals surface area contributed by atoms with Gasteiger partial charge in [-0.1, -0.05) is 29.8 Å². The van der Waals surface area contributed by atoms with Crippen LogP contribution in [0.5, 0.6) is 11.5 Å². The van der Waals surface area contributed by atoms with Crippen LogP contribution in [0.25, 0.3) is 0 Å². The number of hydrazone groups is 1. The highest BCUT2D eigenvalue weighted by atomic mass is 79.9. The van der Waals surface area contributed by atoms with E-state index in [4.69, 9.17) is 21.1 Å². The zero-order chi connectivity index (χ0) is 24.7. The molecule has 2 N–H and O–H groups in total. The van der Waals surface area contributed by atoms with E-state index in [-0.39, 0.29) is 11.5 Å². The van der Waals surface area contributed by atoms with Gasteiger partial charge in [-0.15, -0.1) is 0 Å². The maximum atomic E-state index is 12.4. The van der Waals surface area contributed by atoms with Crippen molar-refractivity contribution in [3.8, 4) is 11.5 Å². The fourth-order valence-electron chi connectivity index (χ4n) is 2.71. The molecule has 0 aliphatic rings. The van der Waals surface area contributed by atoms with E-state index in [1.807, 2.05) is 6.92 Å². The molecule has 10 heteroatoms. The summed E-state index contributed by atoms with van der Waals surface area (Å²) >= 11 is 9.33. The largest absolute Gasteiger partial charge is 0.493 e. The molecule has 0 aliphatic carbocycles. The van der Waals surface area contributed by atoms with Crippen LogP contribution in [0.1, 0.15) is 21.5 Å². The maximum absolute atomic E-state index is 12.4. The number of carbonyl (C=O) groups is 3. The predicted octanol–water partition coefficient (Wildman–Crippen LogP) is 4.73. The molecule has 0 spiro atoms.